The lowest BCUT2D eigenvalue weighted by atomic mass is 10.2. The van der Waals surface area contributed by atoms with Crippen molar-refractivity contribution < 1.29 is 14.8 Å². The summed E-state index contributed by atoms with van der Waals surface area (Å²) < 4.78 is 5.22. The largest absolute Gasteiger partial charge is 0.386 e. The van der Waals surface area contributed by atoms with E-state index in [1.807, 2.05) is 20.8 Å². The number of nitro groups is 1. The first-order valence-electron chi connectivity index (χ1n) is 4.71. The van der Waals surface area contributed by atoms with Crippen LogP contribution in [-0.4, -0.2) is 28.5 Å². The van der Waals surface area contributed by atoms with Gasteiger partial charge in [0.1, 0.15) is 0 Å². The highest BCUT2D eigenvalue weighted by Gasteiger charge is 2.15. The van der Waals surface area contributed by atoms with Crippen LogP contribution in [0.15, 0.2) is 12.4 Å². The van der Waals surface area contributed by atoms with Gasteiger partial charge in [-0.1, -0.05) is 0 Å². The third-order valence-corrected chi connectivity index (χ3v) is 1.34. The molecule has 0 aromatic heterocycles. The average Bonchev–Trinajstić information content (AvgIpc) is 1.99. The summed E-state index contributed by atoms with van der Waals surface area (Å²) in [6.07, 6.45) is 1.54. The van der Waals surface area contributed by atoms with Crippen LogP contribution in [0.1, 0.15) is 27.2 Å². The molecule has 88 valence electrons. The molecule has 0 fully saturated rings. The Bertz CT molecular complexity index is 223. The van der Waals surface area contributed by atoms with Gasteiger partial charge in [0.05, 0.1) is 16.7 Å². The Labute approximate surface area is 89.1 Å². The van der Waals surface area contributed by atoms with Crippen LogP contribution in [0.2, 0.25) is 0 Å². The lowest BCUT2D eigenvalue weighted by molar-refractivity contribution is -0.402. The van der Waals surface area contributed by atoms with Crippen molar-refractivity contribution in [2.24, 2.45) is 0 Å². The van der Waals surface area contributed by atoms with E-state index in [4.69, 9.17) is 4.74 Å². The minimum Gasteiger partial charge on any atom is -0.386 e. The maximum Gasteiger partial charge on any atom is 0.249 e. The Morgan fingerprint density at radius 1 is 1.60 bits per heavy atom. The van der Waals surface area contributed by atoms with Gasteiger partial charge in [0.2, 0.25) is 6.20 Å². The lowest BCUT2D eigenvalue weighted by Crippen LogP contribution is -2.29. The van der Waals surface area contributed by atoms with E-state index in [1.54, 1.807) is 0 Å². The molecule has 0 aromatic rings. The normalized spacial score (nSPS) is 14.1. The summed E-state index contributed by atoms with van der Waals surface area (Å²) in [4.78, 5) is 9.33. The summed E-state index contributed by atoms with van der Waals surface area (Å²) in [6, 6.07) is 0. The molecule has 0 aliphatic carbocycles. The number of nitrogens with one attached hydrogen (secondary N) is 1. The zero-order valence-electron chi connectivity index (χ0n) is 9.27. The van der Waals surface area contributed by atoms with Gasteiger partial charge in [0.25, 0.3) is 0 Å². The van der Waals surface area contributed by atoms with Gasteiger partial charge < -0.3 is 15.2 Å². The number of hydrogen-bond acceptors (Lipinski definition) is 5. The third-order valence-electron chi connectivity index (χ3n) is 1.34. The van der Waals surface area contributed by atoms with E-state index >= 15 is 0 Å². The fraction of sp³-hybridized carbons (Fsp3) is 0.778. The van der Waals surface area contributed by atoms with Crippen molar-refractivity contribution in [3.8, 4) is 0 Å². The molecule has 6 nitrogen and oxygen atoms in total. The molecule has 0 radical (unpaired) electrons. The minimum absolute atomic E-state index is 0.374. The molecular formula is C9H18N2O4. The maximum absolute atomic E-state index is 9.89. The minimum atomic E-state index is -0.860. The molecule has 0 saturated heterocycles. The molecule has 15 heavy (non-hydrogen) atoms. The van der Waals surface area contributed by atoms with Crippen molar-refractivity contribution in [1.29, 1.82) is 0 Å². The van der Waals surface area contributed by atoms with Crippen LogP contribution in [0.25, 0.3) is 0 Å². The Morgan fingerprint density at radius 3 is 2.67 bits per heavy atom. The number of aliphatic hydroxyl groups is 1. The van der Waals surface area contributed by atoms with Crippen molar-refractivity contribution in [1.82, 2.24) is 5.32 Å². The molecule has 0 saturated carbocycles. The fourth-order valence-electron chi connectivity index (χ4n) is 0.871. The zero-order chi connectivity index (χ0) is 11.9. The predicted octanol–water partition coefficient (Wildman–Crippen LogP) is 0.848. The van der Waals surface area contributed by atoms with E-state index in [9.17, 15) is 15.2 Å². The Balaban J connectivity index is 3.56. The fourth-order valence-corrected chi connectivity index (χ4v) is 0.871. The molecule has 0 bridgehead atoms. The summed E-state index contributed by atoms with van der Waals surface area (Å²) in [5.74, 6) is 0. The summed E-state index contributed by atoms with van der Waals surface area (Å²) in [6.45, 7) is 5.95. The van der Waals surface area contributed by atoms with Crippen LogP contribution in [0.4, 0.5) is 0 Å². The summed E-state index contributed by atoms with van der Waals surface area (Å²) in [5.41, 5.74) is -0.393. The van der Waals surface area contributed by atoms with Crippen LogP contribution in [0, 0.1) is 10.1 Å². The van der Waals surface area contributed by atoms with Crippen LogP contribution in [0.5, 0.6) is 0 Å². The molecule has 1 atom stereocenters. The highest BCUT2D eigenvalue weighted by atomic mass is 16.6. The van der Waals surface area contributed by atoms with Gasteiger partial charge in [-0.05, 0) is 20.8 Å². The van der Waals surface area contributed by atoms with Gasteiger partial charge in [-0.15, -0.1) is 0 Å². The first-order chi connectivity index (χ1) is 6.81. The third kappa shape index (κ3) is 10.8. The Morgan fingerprint density at radius 2 is 2.20 bits per heavy atom. The van der Waals surface area contributed by atoms with Crippen molar-refractivity contribution in [2.45, 2.75) is 39.1 Å². The highest BCUT2D eigenvalue weighted by Crippen LogP contribution is 2.10. The van der Waals surface area contributed by atoms with E-state index in [0.717, 1.165) is 6.20 Å². The first kappa shape index (κ1) is 13.9. The van der Waals surface area contributed by atoms with Gasteiger partial charge in [0.15, 0.2) is 6.29 Å². The summed E-state index contributed by atoms with van der Waals surface area (Å²) >= 11 is 0. The number of aliphatic hydroxyl groups excluding tert-OH is 1. The molecule has 0 heterocycles. The Kier molecular flexibility index (Phi) is 5.88. The van der Waals surface area contributed by atoms with E-state index in [0.29, 0.717) is 13.0 Å². The first-order valence-corrected chi connectivity index (χ1v) is 4.71. The van der Waals surface area contributed by atoms with Crippen molar-refractivity contribution in [2.75, 3.05) is 6.54 Å². The quantitative estimate of drug-likeness (QED) is 0.299. The molecule has 0 rings (SSSR count). The van der Waals surface area contributed by atoms with Gasteiger partial charge in [-0.3, -0.25) is 10.1 Å². The zero-order valence-corrected chi connectivity index (χ0v) is 9.27. The highest BCUT2D eigenvalue weighted by molar-refractivity contribution is 4.69. The van der Waals surface area contributed by atoms with Gasteiger partial charge in [-0.2, -0.15) is 0 Å². The second kappa shape index (κ2) is 6.36. The van der Waals surface area contributed by atoms with E-state index < -0.39 is 16.8 Å². The number of ether oxygens (including phenoxy) is 1. The smallest absolute Gasteiger partial charge is 0.249 e. The van der Waals surface area contributed by atoms with Crippen LogP contribution in [-0.2, 0) is 4.74 Å². The topological polar surface area (TPSA) is 84.6 Å². The second-order valence-electron chi connectivity index (χ2n) is 4.03. The van der Waals surface area contributed by atoms with Crippen molar-refractivity contribution in [3.63, 3.8) is 0 Å². The molecule has 0 aliphatic heterocycles. The summed E-state index contributed by atoms with van der Waals surface area (Å²) in [5, 5.41) is 21.9. The standard InChI is InChI=1S/C9H18N2O4/c1-9(2,3)15-8(12)4-5-10-6-7-11(13)14/h6-8,10,12H,4-5H2,1-3H3/b7-6+. The number of nitrogens with zero attached hydrogens (tertiary/aromatic N) is 1. The van der Waals surface area contributed by atoms with Crippen molar-refractivity contribution >= 4 is 0 Å². The van der Waals surface area contributed by atoms with E-state index in [-0.39, 0.29) is 0 Å². The molecule has 6 heteroatoms. The summed E-state index contributed by atoms with van der Waals surface area (Å²) in [7, 11) is 0. The maximum atomic E-state index is 9.89. The average molecular weight is 218 g/mol. The molecule has 2 N–H and O–H groups in total. The predicted molar refractivity (Wildman–Crippen MR) is 55.6 cm³/mol. The molecule has 0 spiro atoms. The second-order valence-corrected chi connectivity index (χ2v) is 4.03. The number of hydrogen-bond donors (Lipinski definition) is 2. The molecular weight excluding hydrogens is 200 g/mol. The molecule has 0 amide bonds. The van der Waals surface area contributed by atoms with Crippen LogP contribution < -0.4 is 5.32 Å². The Hall–Kier alpha value is -1.14. The van der Waals surface area contributed by atoms with E-state index in [2.05, 4.69) is 5.32 Å². The van der Waals surface area contributed by atoms with Gasteiger partial charge >= 0.3 is 0 Å². The molecule has 0 aromatic carbocycles. The van der Waals surface area contributed by atoms with Gasteiger partial charge in [0, 0.05) is 13.0 Å². The SMILES string of the molecule is CC(C)(C)OC(O)CCN/C=C/[N+](=O)[O-]. The van der Waals surface area contributed by atoms with Crippen molar-refractivity contribution in [3.05, 3.63) is 22.5 Å². The lowest BCUT2D eigenvalue weighted by Gasteiger charge is -2.23. The van der Waals surface area contributed by atoms with Crippen LogP contribution in [0.3, 0.4) is 0 Å². The molecule has 0 aliphatic rings. The number of rotatable bonds is 6. The monoisotopic (exact) mass is 218 g/mol. The van der Waals surface area contributed by atoms with Gasteiger partial charge in [-0.25, -0.2) is 0 Å². The molecule has 1 unspecified atom stereocenters. The van der Waals surface area contributed by atoms with E-state index in [1.165, 1.54) is 6.20 Å². The van der Waals surface area contributed by atoms with Crippen LogP contribution >= 0.6 is 0 Å².